The number of hydrogen-bond acceptors (Lipinski definition) is 3. The predicted molar refractivity (Wildman–Crippen MR) is 87.1 cm³/mol. The molecule has 0 aliphatic carbocycles. The fourth-order valence-electron chi connectivity index (χ4n) is 1.88. The maximum Gasteiger partial charge on any atom is 0.319 e. The number of ether oxygens (including phenoxy) is 1. The van der Waals surface area contributed by atoms with E-state index in [0.717, 1.165) is 12.8 Å². The highest BCUT2D eigenvalue weighted by Gasteiger charge is 2.36. The SMILES string of the molecule is CCOC(=O)C(C)(C)C(=O)CC/C=C(\C)CCC=C(C)C. The average Bonchev–Trinajstić information content (AvgIpc) is 2.38. The minimum Gasteiger partial charge on any atom is -0.465 e. The molecule has 0 spiro atoms. The lowest BCUT2D eigenvalue weighted by molar-refractivity contribution is -0.157. The second kappa shape index (κ2) is 9.54. The Morgan fingerprint density at radius 2 is 1.57 bits per heavy atom. The minimum atomic E-state index is -1.04. The molecular formula is C18H30O3. The third-order valence-electron chi connectivity index (χ3n) is 3.44. The molecule has 0 aliphatic heterocycles. The minimum absolute atomic E-state index is 0.0608. The van der Waals surface area contributed by atoms with E-state index in [1.807, 2.05) is 0 Å². The standard InChI is InChI=1S/C18H30O3/c1-7-21-17(20)18(5,6)16(19)13-9-12-15(4)11-8-10-14(2)3/h10,12H,7-9,11,13H2,1-6H3/b15-12+. The van der Waals surface area contributed by atoms with Crippen molar-refractivity contribution in [2.24, 2.45) is 5.41 Å². The van der Waals surface area contributed by atoms with Crippen LogP contribution < -0.4 is 0 Å². The first-order valence-electron chi connectivity index (χ1n) is 7.71. The number of carbonyl (C=O) groups is 2. The summed E-state index contributed by atoms with van der Waals surface area (Å²) in [6.45, 7) is 11.6. The molecule has 3 nitrogen and oxygen atoms in total. The van der Waals surface area contributed by atoms with Gasteiger partial charge < -0.3 is 4.74 Å². The van der Waals surface area contributed by atoms with E-state index in [-0.39, 0.29) is 5.78 Å². The molecule has 0 atom stereocenters. The number of hydrogen-bond donors (Lipinski definition) is 0. The van der Waals surface area contributed by atoms with Crippen LogP contribution in [0.25, 0.3) is 0 Å². The zero-order valence-corrected chi connectivity index (χ0v) is 14.4. The maximum atomic E-state index is 12.1. The summed E-state index contributed by atoms with van der Waals surface area (Å²) in [7, 11) is 0. The molecule has 0 aromatic rings. The third kappa shape index (κ3) is 7.84. The van der Waals surface area contributed by atoms with Crippen molar-refractivity contribution in [2.45, 2.75) is 67.2 Å². The number of esters is 1. The molecule has 0 fully saturated rings. The van der Waals surface area contributed by atoms with Crippen molar-refractivity contribution >= 4 is 11.8 Å². The summed E-state index contributed by atoms with van der Waals surface area (Å²) in [4.78, 5) is 23.9. The number of rotatable bonds is 9. The fourth-order valence-corrected chi connectivity index (χ4v) is 1.88. The van der Waals surface area contributed by atoms with Gasteiger partial charge in [-0.05, 0) is 60.8 Å². The lowest BCUT2D eigenvalue weighted by Gasteiger charge is -2.20. The van der Waals surface area contributed by atoms with E-state index < -0.39 is 11.4 Å². The quantitative estimate of drug-likeness (QED) is 0.354. The van der Waals surface area contributed by atoms with Crippen molar-refractivity contribution in [3.63, 3.8) is 0 Å². The number of allylic oxidation sites excluding steroid dienone is 4. The number of Topliss-reactive ketones (excluding diaryl/α,β-unsaturated/α-hetero) is 1. The number of ketones is 1. The molecule has 0 saturated heterocycles. The maximum absolute atomic E-state index is 12.1. The Bertz CT molecular complexity index is 410. The van der Waals surface area contributed by atoms with Gasteiger partial charge in [-0.15, -0.1) is 0 Å². The molecule has 0 aromatic carbocycles. The van der Waals surface area contributed by atoms with E-state index in [0.29, 0.717) is 19.4 Å². The first kappa shape index (κ1) is 19.6. The highest BCUT2D eigenvalue weighted by Crippen LogP contribution is 2.22. The lowest BCUT2D eigenvalue weighted by Crippen LogP contribution is -2.35. The van der Waals surface area contributed by atoms with Gasteiger partial charge in [0, 0.05) is 6.42 Å². The van der Waals surface area contributed by atoms with E-state index in [1.165, 1.54) is 11.1 Å². The van der Waals surface area contributed by atoms with E-state index in [9.17, 15) is 9.59 Å². The molecule has 0 N–H and O–H groups in total. The van der Waals surface area contributed by atoms with Gasteiger partial charge >= 0.3 is 5.97 Å². The van der Waals surface area contributed by atoms with Crippen molar-refractivity contribution in [3.8, 4) is 0 Å². The lowest BCUT2D eigenvalue weighted by atomic mass is 9.85. The summed E-state index contributed by atoms with van der Waals surface area (Å²) >= 11 is 0. The molecule has 0 saturated carbocycles. The van der Waals surface area contributed by atoms with Gasteiger partial charge in [-0.25, -0.2) is 0 Å². The Labute approximate surface area is 129 Å². The third-order valence-corrected chi connectivity index (χ3v) is 3.44. The summed E-state index contributed by atoms with van der Waals surface area (Å²) in [5.74, 6) is -0.492. The highest BCUT2D eigenvalue weighted by molar-refractivity contribution is 6.02. The number of carbonyl (C=O) groups excluding carboxylic acids is 2. The molecule has 0 rings (SSSR count). The average molecular weight is 294 g/mol. The summed E-state index contributed by atoms with van der Waals surface area (Å²) in [5, 5.41) is 0. The van der Waals surface area contributed by atoms with Gasteiger partial charge in [-0.1, -0.05) is 23.3 Å². The largest absolute Gasteiger partial charge is 0.465 e. The molecular weight excluding hydrogens is 264 g/mol. The van der Waals surface area contributed by atoms with Crippen LogP contribution in [-0.4, -0.2) is 18.4 Å². The van der Waals surface area contributed by atoms with Crippen LogP contribution in [0.2, 0.25) is 0 Å². The van der Waals surface area contributed by atoms with Gasteiger partial charge in [0.2, 0.25) is 0 Å². The summed E-state index contributed by atoms with van der Waals surface area (Å²) in [6.07, 6.45) is 7.42. The fraction of sp³-hybridized carbons (Fsp3) is 0.667. The van der Waals surface area contributed by atoms with E-state index >= 15 is 0 Å². The first-order chi connectivity index (χ1) is 9.71. The van der Waals surface area contributed by atoms with E-state index in [1.54, 1.807) is 20.8 Å². The highest BCUT2D eigenvalue weighted by atomic mass is 16.5. The van der Waals surface area contributed by atoms with Crippen molar-refractivity contribution in [3.05, 3.63) is 23.3 Å². The van der Waals surface area contributed by atoms with Gasteiger partial charge in [0.25, 0.3) is 0 Å². The molecule has 120 valence electrons. The Kier molecular flexibility index (Phi) is 8.91. The first-order valence-corrected chi connectivity index (χ1v) is 7.71. The monoisotopic (exact) mass is 294 g/mol. The Morgan fingerprint density at radius 3 is 2.10 bits per heavy atom. The van der Waals surface area contributed by atoms with Crippen LogP contribution in [0.5, 0.6) is 0 Å². The van der Waals surface area contributed by atoms with E-state index in [4.69, 9.17) is 4.74 Å². The van der Waals surface area contributed by atoms with Gasteiger partial charge in [0.15, 0.2) is 0 Å². The summed E-state index contributed by atoms with van der Waals surface area (Å²) < 4.78 is 4.95. The van der Waals surface area contributed by atoms with Crippen LogP contribution in [0.15, 0.2) is 23.3 Å². The molecule has 0 unspecified atom stereocenters. The van der Waals surface area contributed by atoms with Crippen LogP contribution in [0.4, 0.5) is 0 Å². The zero-order valence-electron chi connectivity index (χ0n) is 14.4. The molecule has 0 heterocycles. The molecule has 0 bridgehead atoms. The molecule has 0 amide bonds. The zero-order chi connectivity index (χ0) is 16.5. The topological polar surface area (TPSA) is 43.4 Å². The molecule has 0 aromatic heterocycles. The predicted octanol–water partition coefficient (Wildman–Crippen LogP) is 4.62. The Morgan fingerprint density at radius 1 is 1.00 bits per heavy atom. The van der Waals surface area contributed by atoms with Crippen LogP contribution in [0.1, 0.15) is 67.2 Å². The Balaban J connectivity index is 4.29. The van der Waals surface area contributed by atoms with Gasteiger partial charge in [-0.2, -0.15) is 0 Å². The molecule has 3 heteroatoms. The molecule has 0 aliphatic rings. The van der Waals surface area contributed by atoms with Crippen LogP contribution in [-0.2, 0) is 14.3 Å². The van der Waals surface area contributed by atoms with Gasteiger partial charge in [0.05, 0.1) is 6.61 Å². The van der Waals surface area contributed by atoms with Crippen molar-refractivity contribution in [1.29, 1.82) is 0 Å². The normalized spacial score (nSPS) is 12.0. The smallest absolute Gasteiger partial charge is 0.319 e. The van der Waals surface area contributed by atoms with Crippen molar-refractivity contribution < 1.29 is 14.3 Å². The second-order valence-corrected chi connectivity index (χ2v) is 6.18. The van der Waals surface area contributed by atoms with Crippen LogP contribution in [0.3, 0.4) is 0 Å². The molecule has 0 radical (unpaired) electrons. The summed E-state index contributed by atoms with van der Waals surface area (Å²) in [5.41, 5.74) is 1.57. The molecule has 21 heavy (non-hydrogen) atoms. The second-order valence-electron chi connectivity index (χ2n) is 6.18. The van der Waals surface area contributed by atoms with E-state index in [2.05, 4.69) is 32.9 Å². The van der Waals surface area contributed by atoms with Gasteiger partial charge in [-0.3, -0.25) is 9.59 Å². The van der Waals surface area contributed by atoms with Crippen molar-refractivity contribution in [1.82, 2.24) is 0 Å². The van der Waals surface area contributed by atoms with Crippen molar-refractivity contribution in [2.75, 3.05) is 6.61 Å². The summed E-state index contributed by atoms with van der Waals surface area (Å²) in [6, 6.07) is 0. The Hall–Kier alpha value is -1.38. The van der Waals surface area contributed by atoms with Crippen LogP contribution in [0, 0.1) is 5.41 Å². The van der Waals surface area contributed by atoms with Gasteiger partial charge in [0.1, 0.15) is 11.2 Å². The van der Waals surface area contributed by atoms with Crippen LogP contribution >= 0.6 is 0 Å².